The van der Waals surface area contributed by atoms with Crippen molar-refractivity contribution in [1.82, 2.24) is 39.0 Å². The number of benzene rings is 11. The van der Waals surface area contributed by atoms with Crippen LogP contribution < -0.4 is 0 Å². The highest BCUT2D eigenvalue weighted by molar-refractivity contribution is 6.12. The van der Waals surface area contributed by atoms with Crippen molar-refractivity contribution in [2.45, 2.75) is 105 Å². The first-order valence-electron chi connectivity index (χ1n) is 33.4. The Morgan fingerprint density at radius 1 is 0.208 bits per heavy atom. The topological polar surface area (TPSA) is 87.2 Å². The number of aromatic nitrogens is 8. The van der Waals surface area contributed by atoms with Crippen LogP contribution in [0.5, 0.6) is 0 Å². The van der Waals surface area contributed by atoms with Gasteiger partial charge in [0.1, 0.15) is 0 Å². The van der Waals surface area contributed by atoms with Gasteiger partial charge in [0.25, 0.3) is 0 Å². The van der Waals surface area contributed by atoms with E-state index in [4.69, 9.17) is 29.9 Å². The lowest BCUT2D eigenvalue weighted by Gasteiger charge is -2.20. The van der Waals surface area contributed by atoms with Gasteiger partial charge in [-0.05, 0) is 122 Å². The lowest BCUT2D eigenvalue weighted by Crippen LogP contribution is -2.10. The zero-order chi connectivity index (χ0) is 66.4. The Kier molecular flexibility index (Phi) is 15.0. The van der Waals surface area contributed by atoms with Crippen LogP contribution in [0, 0.1) is 0 Å². The summed E-state index contributed by atoms with van der Waals surface area (Å²) in [4.78, 5) is 31.5. The average molecular weight is 1250 g/mol. The highest BCUT2D eigenvalue weighted by atomic mass is 15.1. The fourth-order valence-electron chi connectivity index (χ4n) is 13.4. The normalized spacial score (nSPS) is 12.4. The Morgan fingerprint density at radius 3 is 0.698 bits per heavy atom. The second-order valence-corrected chi connectivity index (χ2v) is 29.7. The van der Waals surface area contributed by atoms with E-state index >= 15 is 0 Å². The first-order chi connectivity index (χ1) is 46.1. The van der Waals surface area contributed by atoms with E-state index in [2.05, 4.69) is 274 Å². The van der Waals surface area contributed by atoms with Gasteiger partial charge in [0.2, 0.25) is 0 Å². The minimum atomic E-state index is -0.0794. The van der Waals surface area contributed by atoms with Gasteiger partial charge in [-0.1, -0.05) is 271 Å². The van der Waals surface area contributed by atoms with Gasteiger partial charge >= 0.3 is 0 Å². The fourth-order valence-corrected chi connectivity index (χ4v) is 13.4. The molecule has 0 spiro atoms. The van der Waals surface area contributed by atoms with Crippen molar-refractivity contribution in [1.29, 1.82) is 0 Å². The molecule has 470 valence electrons. The summed E-state index contributed by atoms with van der Waals surface area (Å²) in [5.41, 5.74) is 20.8. The van der Waals surface area contributed by atoms with Crippen LogP contribution in [0.3, 0.4) is 0 Å². The molecule has 0 amide bonds. The fraction of sp³-hybridized carbons (Fsp3) is 0.182. The number of hydrogen-bond donors (Lipinski definition) is 0. The van der Waals surface area contributed by atoms with E-state index in [0.29, 0.717) is 34.9 Å². The summed E-state index contributed by atoms with van der Waals surface area (Å²) in [6.07, 6.45) is 0. The summed E-state index contributed by atoms with van der Waals surface area (Å²) >= 11 is 0. The Bertz CT molecular complexity index is 4880. The lowest BCUT2D eigenvalue weighted by molar-refractivity contribution is 0.590. The van der Waals surface area contributed by atoms with E-state index < -0.39 is 0 Å². The molecule has 0 fully saturated rings. The summed E-state index contributed by atoms with van der Waals surface area (Å²) in [6.45, 7) is 27.6. The molecule has 0 aliphatic heterocycles. The largest absolute Gasteiger partial charge is 0.309 e. The maximum Gasteiger partial charge on any atom is 0.164 e. The Morgan fingerprint density at radius 2 is 0.448 bits per heavy atom. The van der Waals surface area contributed by atoms with Crippen LogP contribution in [0.1, 0.15) is 105 Å². The van der Waals surface area contributed by atoms with Crippen molar-refractivity contribution in [2.75, 3.05) is 0 Å². The molecule has 15 aromatic rings. The molecule has 0 saturated heterocycles. The molecule has 0 atom stereocenters. The summed E-state index contributed by atoms with van der Waals surface area (Å²) in [6, 6.07) is 91.7. The molecule has 11 aromatic carbocycles. The quantitative estimate of drug-likeness (QED) is 0.136. The molecule has 4 aromatic heterocycles. The molecule has 0 saturated carbocycles. The van der Waals surface area contributed by atoms with Gasteiger partial charge in [-0.15, -0.1) is 0 Å². The summed E-state index contributed by atoms with van der Waals surface area (Å²) in [5.74, 6) is 3.60. The highest BCUT2D eigenvalue weighted by Crippen LogP contribution is 2.45. The average Bonchev–Trinajstić information content (AvgIpc) is 1.21. The van der Waals surface area contributed by atoms with E-state index in [9.17, 15) is 0 Å². The molecule has 96 heavy (non-hydrogen) atoms. The summed E-state index contributed by atoms with van der Waals surface area (Å²) < 4.78 is 4.95. The molecule has 8 heteroatoms. The molecule has 4 heterocycles. The van der Waals surface area contributed by atoms with Crippen molar-refractivity contribution in [2.24, 2.45) is 0 Å². The van der Waals surface area contributed by atoms with E-state index in [1.165, 1.54) is 43.8 Å². The maximum atomic E-state index is 5.31. The number of hydrogen-bond acceptors (Lipinski definition) is 6. The van der Waals surface area contributed by atoms with Crippen LogP contribution in [0.25, 0.3) is 146 Å². The third-order valence-electron chi connectivity index (χ3n) is 18.9. The smallest absolute Gasteiger partial charge is 0.164 e. The van der Waals surface area contributed by atoms with E-state index in [-0.39, 0.29) is 21.7 Å². The predicted molar refractivity (Wildman–Crippen MR) is 400 cm³/mol. The van der Waals surface area contributed by atoms with Crippen LogP contribution in [0.15, 0.2) is 255 Å². The maximum absolute atomic E-state index is 5.31. The predicted octanol–water partition coefficient (Wildman–Crippen LogP) is 22.8. The minimum Gasteiger partial charge on any atom is -0.309 e. The van der Waals surface area contributed by atoms with Gasteiger partial charge in [-0.25, -0.2) is 29.9 Å². The molecular weight excluding hydrogens is 1170 g/mol. The molecule has 0 unspecified atom stereocenters. The summed E-state index contributed by atoms with van der Waals surface area (Å²) in [5, 5.41) is 4.82. The molecule has 0 aliphatic carbocycles. The monoisotopic (exact) mass is 1250 g/mol. The number of fused-ring (bicyclic) bond motifs is 6. The second-order valence-electron chi connectivity index (χ2n) is 29.7. The zero-order valence-electron chi connectivity index (χ0n) is 56.8. The summed E-state index contributed by atoms with van der Waals surface area (Å²) in [7, 11) is 0. The molecule has 0 bridgehead atoms. The Hall–Kier alpha value is -11.0. The van der Waals surface area contributed by atoms with E-state index in [0.717, 1.165) is 89.1 Å². The molecule has 0 radical (unpaired) electrons. The van der Waals surface area contributed by atoms with Crippen LogP contribution in [0.2, 0.25) is 0 Å². The molecular formula is C88H78N8. The van der Waals surface area contributed by atoms with E-state index in [1.54, 1.807) is 0 Å². The van der Waals surface area contributed by atoms with Crippen LogP contribution in [-0.2, 0) is 21.7 Å². The van der Waals surface area contributed by atoms with Crippen LogP contribution >= 0.6 is 0 Å². The van der Waals surface area contributed by atoms with E-state index in [1.807, 2.05) is 72.8 Å². The van der Waals surface area contributed by atoms with Crippen molar-refractivity contribution in [3.8, 4) is 102 Å². The SMILES string of the molecule is CC(C)(C)c1ccc2c(c1)c1cc(C(C)(C)C)ccc1n2-c1cc(-c2nc(-c3ccccc3)nc(-c3ccccc3)n2)ccc1-c1cccc(-c2ccc(-c3nc(-c4ccccc4)nc(-c4ccccc4)n3)cc2-n2c3ccc(C(C)(C)C)cc3c3cc(C(C)(C)C)ccc32)c1. The molecule has 0 N–H and O–H groups in total. The Labute approximate surface area is 563 Å². The molecule has 0 aliphatic rings. The van der Waals surface area contributed by atoms with Gasteiger partial charge in [-0.3, -0.25) is 0 Å². The highest BCUT2D eigenvalue weighted by Gasteiger charge is 2.27. The van der Waals surface area contributed by atoms with Crippen molar-refractivity contribution in [3.63, 3.8) is 0 Å². The lowest BCUT2D eigenvalue weighted by atomic mass is 9.85. The number of nitrogens with zero attached hydrogens (tertiary/aromatic N) is 8. The van der Waals surface area contributed by atoms with Gasteiger partial charge in [0.05, 0.1) is 33.4 Å². The van der Waals surface area contributed by atoms with Crippen molar-refractivity contribution in [3.05, 3.63) is 277 Å². The van der Waals surface area contributed by atoms with Crippen molar-refractivity contribution < 1.29 is 0 Å². The third kappa shape index (κ3) is 11.4. The van der Waals surface area contributed by atoms with Crippen LogP contribution in [-0.4, -0.2) is 39.0 Å². The first-order valence-corrected chi connectivity index (χ1v) is 33.4. The standard InChI is InChI=1S/C88H78N8/c1-85(2,3)63-38-44-73-69(51-63)70-52-64(86(4,5)6)39-45-74(70)95(73)77-49-61(83-91-79(55-26-17-13-18-27-55)89-80(92-83)56-28-19-14-20-29-56)36-42-67(77)59-34-25-35-60(48-59)68-43-37-62(84-93-81(57-30-21-15-22-31-57)90-82(94-84)58-32-23-16-24-33-58)50-78(68)96-75-46-40-65(87(7,8)9)53-71(75)72-54-66(88(10,11)12)41-47-76(72)96/h13-54H,1-12H3. The van der Waals surface area contributed by atoms with Gasteiger partial charge in [0, 0.05) is 66.1 Å². The van der Waals surface area contributed by atoms with Crippen LogP contribution in [0.4, 0.5) is 0 Å². The third-order valence-corrected chi connectivity index (χ3v) is 18.9. The first kappa shape index (κ1) is 61.2. The molecule has 8 nitrogen and oxygen atoms in total. The molecule has 15 rings (SSSR count). The Balaban J connectivity index is 0.997. The van der Waals surface area contributed by atoms with Gasteiger partial charge in [0.15, 0.2) is 34.9 Å². The second kappa shape index (κ2) is 23.5. The zero-order valence-corrected chi connectivity index (χ0v) is 56.8. The van der Waals surface area contributed by atoms with Gasteiger partial charge in [-0.2, -0.15) is 0 Å². The van der Waals surface area contributed by atoms with Gasteiger partial charge < -0.3 is 9.13 Å². The number of rotatable bonds is 10. The van der Waals surface area contributed by atoms with Crippen molar-refractivity contribution >= 4 is 43.6 Å². The minimum absolute atomic E-state index is 0.0794.